The van der Waals surface area contributed by atoms with Crippen LogP contribution in [0.25, 0.3) is 0 Å². The van der Waals surface area contributed by atoms with Gasteiger partial charge < -0.3 is 9.80 Å². The molecule has 0 aromatic heterocycles. The molecule has 1 aromatic carbocycles. The quantitative estimate of drug-likeness (QED) is 0.842. The Hall–Kier alpha value is -1.84. The molecule has 118 valence electrons. The Balaban J connectivity index is 1.77. The van der Waals surface area contributed by atoms with Crippen molar-refractivity contribution >= 4 is 11.8 Å². The Bertz CT molecular complexity index is 582. The lowest BCUT2D eigenvalue weighted by Crippen LogP contribution is -2.60. The number of piperidine rings is 1. The average molecular weight is 300 g/mol. The van der Waals surface area contributed by atoms with Gasteiger partial charge in [-0.05, 0) is 12.0 Å². The van der Waals surface area contributed by atoms with Crippen LogP contribution in [0.15, 0.2) is 30.3 Å². The first-order valence-corrected chi connectivity index (χ1v) is 7.99. The van der Waals surface area contributed by atoms with E-state index in [1.165, 1.54) is 5.56 Å². The number of hydrogen-bond donors (Lipinski definition) is 0. The average Bonchev–Trinajstić information content (AvgIpc) is 2.48. The van der Waals surface area contributed by atoms with Crippen LogP contribution < -0.4 is 0 Å². The summed E-state index contributed by atoms with van der Waals surface area (Å²) < 4.78 is 0. The summed E-state index contributed by atoms with van der Waals surface area (Å²) >= 11 is 0. The fourth-order valence-corrected chi connectivity index (χ4v) is 3.79. The van der Waals surface area contributed by atoms with Crippen molar-refractivity contribution in [3.63, 3.8) is 0 Å². The third-order valence-electron chi connectivity index (χ3n) is 5.04. The molecular weight excluding hydrogens is 276 g/mol. The zero-order chi connectivity index (χ0) is 15.9. The van der Waals surface area contributed by atoms with E-state index in [2.05, 4.69) is 26.0 Å². The number of amides is 2. The van der Waals surface area contributed by atoms with E-state index in [4.69, 9.17) is 0 Å². The maximum absolute atomic E-state index is 12.9. The van der Waals surface area contributed by atoms with Crippen molar-refractivity contribution in [1.82, 2.24) is 9.80 Å². The van der Waals surface area contributed by atoms with Crippen LogP contribution in [0, 0.1) is 11.3 Å². The van der Waals surface area contributed by atoms with E-state index in [9.17, 15) is 9.59 Å². The molecule has 2 fully saturated rings. The minimum Gasteiger partial charge on any atom is -0.346 e. The number of nitrogens with zero attached hydrogens (tertiary/aromatic N) is 2. The Morgan fingerprint density at radius 2 is 1.91 bits per heavy atom. The number of hydrogen-bond acceptors (Lipinski definition) is 2. The number of carbonyl (C=O) groups is 2. The van der Waals surface area contributed by atoms with Gasteiger partial charge in [0, 0.05) is 37.9 Å². The summed E-state index contributed by atoms with van der Waals surface area (Å²) in [6.07, 6.45) is 1.13. The monoisotopic (exact) mass is 300 g/mol. The van der Waals surface area contributed by atoms with Crippen LogP contribution in [0.2, 0.25) is 0 Å². The summed E-state index contributed by atoms with van der Waals surface area (Å²) in [5, 5.41) is 0. The maximum atomic E-state index is 12.9. The van der Waals surface area contributed by atoms with Gasteiger partial charge in [0.15, 0.2) is 0 Å². The second-order valence-electron chi connectivity index (χ2n) is 7.27. The molecule has 0 saturated carbocycles. The number of likely N-dealkylation sites (tertiary alicyclic amines) is 2. The first kappa shape index (κ1) is 15.1. The first-order chi connectivity index (χ1) is 10.4. The third-order valence-corrected chi connectivity index (χ3v) is 5.04. The smallest absolute Gasteiger partial charge is 0.226 e. The molecule has 0 N–H and O–H groups in total. The molecule has 2 amide bonds. The van der Waals surface area contributed by atoms with Crippen LogP contribution in [0.1, 0.15) is 38.3 Å². The zero-order valence-electron chi connectivity index (χ0n) is 13.6. The van der Waals surface area contributed by atoms with Gasteiger partial charge in [-0.2, -0.15) is 0 Å². The molecule has 0 bridgehead atoms. The molecule has 0 spiro atoms. The highest BCUT2D eigenvalue weighted by Crippen LogP contribution is 2.49. The molecule has 0 unspecified atom stereocenters. The standard InChI is InChI=1S/C18H24N2O2/c1-18(2)12-20(16(18)13-7-5-4-6-8-13)17(22)14-9-10-19(3)15(21)11-14/h4-8,14,16H,9-12H2,1-3H3/t14-,16-/m0/s1. The molecule has 1 aromatic rings. The van der Waals surface area contributed by atoms with Gasteiger partial charge in [-0.3, -0.25) is 9.59 Å². The maximum Gasteiger partial charge on any atom is 0.226 e. The lowest BCUT2D eigenvalue weighted by Gasteiger charge is -2.55. The van der Waals surface area contributed by atoms with Crippen LogP contribution in [-0.2, 0) is 9.59 Å². The lowest BCUT2D eigenvalue weighted by molar-refractivity contribution is -0.160. The molecule has 3 rings (SSSR count). The van der Waals surface area contributed by atoms with Gasteiger partial charge in [-0.15, -0.1) is 0 Å². The number of rotatable bonds is 2. The van der Waals surface area contributed by atoms with E-state index in [0.717, 1.165) is 13.0 Å². The molecule has 22 heavy (non-hydrogen) atoms. The normalized spacial score (nSPS) is 27.5. The second-order valence-corrected chi connectivity index (χ2v) is 7.27. The predicted molar refractivity (Wildman–Crippen MR) is 85.0 cm³/mol. The molecule has 4 heteroatoms. The summed E-state index contributed by atoms with van der Waals surface area (Å²) in [6, 6.07) is 10.3. The van der Waals surface area contributed by atoms with E-state index in [1.54, 1.807) is 4.90 Å². The van der Waals surface area contributed by atoms with Gasteiger partial charge in [-0.1, -0.05) is 44.2 Å². The number of benzene rings is 1. The topological polar surface area (TPSA) is 40.6 Å². The van der Waals surface area contributed by atoms with Gasteiger partial charge in [0.2, 0.25) is 11.8 Å². The molecule has 2 aliphatic rings. The van der Waals surface area contributed by atoms with E-state index < -0.39 is 0 Å². The molecule has 2 atom stereocenters. The van der Waals surface area contributed by atoms with E-state index >= 15 is 0 Å². The summed E-state index contributed by atoms with van der Waals surface area (Å²) in [5.74, 6) is 0.0845. The lowest BCUT2D eigenvalue weighted by atomic mass is 9.71. The Morgan fingerprint density at radius 1 is 1.23 bits per heavy atom. The van der Waals surface area contributed by atoms with Crippen molar-refractivity contribution in [2.24, 2.45) is 11.3 Å². The Morgan fingerprint density at radius 3 is 2.50 bits per heavy atom. The van der Waals surface area contributed by atoms with Gasteiger partial charge in [-0.25, -0.2) is 0 Å². The highest BCUT2D eigenvalue weighted by Gasteiger charge is 2.50. The fourth-order valence-electron chi connectivity index (χ4n) is 3.79. The van der Waals surface area contributed by atoms with Gasteiger partial charge >= 0.3 is 0 Å². The SMILES string of the molecule is CN1CC[C@H](C(=O)N2CC(C)(C)[C@@H]2c2ccccc2)CC1=O. The van der Waals surface area contributed by atoms with E-state index in [1.807, 2.05) is 30.1 Å². The van der Waals surface area contributed by atoms with Crippen molar-refractivity contribution in [3.05, 3.63) is 35.9 Å². The van der Waals surface area contributed by atoms with Crippen LogP contribution in [-0.4, -0.2) is 41.8 Å². The summed E-state index contributed by atoms with van der Waals surface area (Å²) in [7, 11) is 1.81. The van der Waals surface area contributed by atoms with Crippen molar-refractivity contribution in [2.75, 3.05) is 20.1 Å². The largest absolute Gasteiger partial charge is 0.346 e. The molecule has 0 aliphatic carbocycles. The highest BCUT2D eigenvalue weighted by molar-refractivity contribution is 5.87. The van der Waals surface area contributed by atoms with Crippen molar-refractivity contribution < 1.29 is 9.59 Å². The van der Waals surface area contributed by atoms with Crippen LogP contribution in [0.4, 0.5) is 0 Å². The zero-order valence-corrected chi connectivity index (χ0v) is 13.6. The van der Waals surface area contributed by atoms with Gasteiger partial charge in [0.05, 0.1) is 6.04 Å². The first-order valence-electron chi connectivity index (χ1n) is 7.99. The minimum atomic E-state index is -0.147. The Kier molecular flexibility index (Phi) is 3.71. The van der Waals surface area contributed by atoms with Crippen LogP contribution >= 0.6 is 0 Å². The minimum absolute atomic E-state index is 0.0839. The van der Waals surface area contributed by atoms with E-state index in [-0.39, 0.29) is 29.2 Å². The summed E-state index contributed by atoms with van der Waals surface area (Å²) in [4.78, 5) is 28.4. The van der Waals surface area contributed by atoms with Crippen LogP contribution in [0.3, 0.4) is 0 Å². The van der Waals surface area contributed by atoms with Crippen LogP contribution in [0.5, 0.6) is 0 Å². The molecule has 2 heterocycles. The third kappa shape index (κ3) is 2.51. The summed E-state index contributed by atoms with van der Waals surface area (Å²) in [5.41, 5.74) is 1.28. The second kappa shape index (κ2) is 5.41. The van der Waals surface area contributed by atoms with Gasteiger partial charge in [0.25, 0.3) is 0 Å². The highest BCUT2D eigenvalue weighted by atomic mass is 16.2. The fraction of sp³-hybridized carbons (Fsp3) is 0.556. The molecular formula is C18H24N2O2. The van der Waals surface area contributed by atoms with E-state index in [0.29, 0.717) is 13.0 Å². The molecule has 0 radical (unpaired) electrons. The Labute approximate surface area is 132 Å². The summed E-state index contributed by atoms with van der Waals surface area (Å²) in [6.45, 7) is 5.86. The van der Waals surface area contributed by atoms with Crippen molar-refractivity contribution in [1.29, 1.82) is 0 Å². The molecule has 2 saturated heterocycles. The van der Waals surface area contributed by atoms with Crippen molar-refractivity contribution in [2.45, 2.75) is 32.7 Å². The molecule has 2 aliphatic heterocycles. The van der Waals surface area contributed by atoms with Crippen molar-refractivity contribution in [3.8, 4) is 0 Å². The van der Waals surface area contributed by atoms with Gasteiger partial charge in [0.1, 0.15) is 0 Å². The number of carbonyl (C=O) groups excluding carboxylic acids is 2. The predicted octanol–water partition coefficient (Wildman–Crippen LogP) is 2.46. The molecule has 4 nitrogen and oxygen atoms in total.